The number of benzene rings is 2. The maximum atomic E-state index is 12.9. The van der Waals surface area contributed by atoms with E-state index in [1.807, 2.05) is 0 Å². The van der Waals surface area contributed by atoms with Crippen LogP contribution < -0.4 is 10.9 Å². The first kappa shape index (κ1) is 19.0. The summed E-state index contributed by atoms with van der Waals surface area (Å²) in [6, 6.07) is 11.7. The van der Waals surface area contributed by atoms with Crippen LogP contribution in [-0.2, 0) is 20.9 Å². The maximum absolute atomic E-state index is 12.9. The minimum atomic E-state index is -0.611. The quantitative estimate of drug-likeness (QED) is 0.414. The highest BCUT2D eigenvalue weighted by Crippen LogP contribution is 2.22. The Bertz CT molecular complexity index is 1120. The number of halogens is 1. The van der Waals surface area contributed by atoms with Crippen molar-refractivity contribution in [3.63, 3.8) is 0 Å². The summed E-state index contributed by atoms with van der Waals surface area (Å²) >= 11 is 0. The van der Waals surface area contributed by atoms with Gasteiger partial charge in [-0.05, 0) is 35.9 Å². The number of hydrogen-bond donors (Lipinski definition) is 1. The van der Waals surface area contributed by atoms with Gasteiger partial charge in [0.05, 0.1) is 0 Å². The Hall–Kier alpha value is -3.74. The molecule has 142 valence electrons. The second kappa shape index (κ2) is 8.30. The molecule has 0 atom stereocenters. The van der Waals surface area contributed by atoms with Gasteiger partial charge in [-0.3, -0.25) is 4.79 Å². The molecule has 1 N–H and O–H groups in total. The Morgan fingerprint density at radius 3 is 2.61 bits per heavy atom. The lowest BCUT2D eigenvalue weighted by molar-refractivity contribution is -0.138. The first-order chi connectivity index (χ1) is 13.4. The van der Waals surface area contributed by atoms with Gasteiger partial charge in [-0.15, -0.1) is 0 Å². The van der Waals surface area contributed by atoms with Gasteiger partial charge in [-0.2, -0.15) is 0 Å². The number of ether oxygens (including phenoxy) is 1. The van der Waals surface area contributed by atoms with E-state index >= 15 is 0 Å². The summed E-state index contributed by atoms with van der Waals surface area (Å²) in [6.45, 7) is 1.24. The number of esters is 1. The summed E-state index contributed by atoms with van der Waals surface area (Å²) in [6.07, 6.45) is 2.72. The largest absolute Gasteiger partial charge is 0.458 e. The van der Waals surface area contributed by atoms with Crippen molar-refractivity contribution < 1.29 is 23.1 Å². The predicted octanol–water partition coefficient (Wildman–Crippen LogP) is 3.65. The zero-order chi connectivity index (χ0) is 20.1. The van der Waals surface area contributed by atoms with Gasteiger partial charge in [0, 0.05) is 41.8 Å². The van der Waals surface area contributed by atoms with Gasteiger partial charge >= 0.3 is 11.6 Å². The number of carbonyl (C=O) groups is 2. The molecule has 3 rings (SSSR count). The number of rotatable bonds is 5. The summed E-state index contributed by atoms with van der Waals surface area (Å²) in [5.74, 6) is -1.23. The van der Waals surface area contributed by atoms with Crippen LogP contribution in [0.3, 0.4) is 0 Å². The van der Waals surface area contributed by atoms with Gasteiger partial charge in [-0.25, -0.2) is 14.0 Å². The molecule has 1 amide bonds. The van der Waals surface area contributed by atoms with E-state index in [0.29, 0.717) is 22.2 Å². The molecule has 0 aliphatic carbocycles. The highest BCUT2D eigenvalue weighted by Gasteiger charge is 2.09. The van der Waals surface area contributed by atoms with Crippen LogP contribution in [0.1, 0.15) is 18.1 Å². The standard InChI is InChI=1S/C21H16FNO5/c1-13(24)23-17-7-8-18-15(10-21(26)28-19(18)11-17)12-27-20(25)9-4-14-2-5-16(22)6-3-14/h2-11H,12H2,1H3,(H,23,24)/b9-4+. The fourth-order valence-electron chi connectivity index (χ4n) is 2.57. The second-order valence-electron chi connectivity index (χ2n) is 5.98. The zero-order valence-electron chi connectivity index (χ0n) is 14.9. The van der Waals surface area contributed by atoms with Crippen molar-refractivity contribution in [2.75, 3.05) is 5.32 Å². The zero-order valence-corrected chi connectivity index (χ0v) is 14.9. The SMILES string of the molecule is CC(=O)Nc1ccc2c(COC(=O)/C=C/c3ccc(F)cc3)cc(=O)oc2c1. The molecule has 2 aromatic carbocycles. The predicted molar refractivity (Wildman–Crippen MR) is 102 cm³/mol. The van der Waals surface area contributed by atoms with Crippen molar-refractivity contribution in [3.05, 3.63) is 82.0 Å². The van der Waals surface area contributed by atoms with E-state index in [4.69, 9.17) is 9.15 Å². The van der Waals surface area contributed by atoms with Crippen molar-refractivity contribution >= 4 is 34.6 Å². The minimum Gasteiger partial charge on any atom is -0.458 e. The van der Waals surface area contributed by atoms with Crippen LogP contribution in [-0.4, -0.2) is 11.9 Å². The van der Waals surface area contributed by atoms with Gasteiger partial charge in [0.25, 0.3) is 0 Å². The van der Waals surface area contributed by atoms with Crippen molar-refractivity contribution in [1.82, 2.24) is 0 Å². The van der Waals surface area contributed by atoms with Crippen molar-refractivity contribution in [1.29, 1.82) is 0 Å². The van der Waals surface area contributed by atoms with Crippen molar-refractivity contribution in [2.24, 2.45) is 0 Å². The summed E-state index contributed by atoms with van der Waals surface area (Å²) in [5, 5.41) is 3.19. The second-order valence-corrected chi connectivity index (χ2v) is 5.98. The highest BCUT2D eigenvalue weighted by molar-refractivity contribution is 5.92. The van der Waals surface area contributed by atoms with Gasteiger partial charge < -0.3 is 14.5 Å². The molecule has 0 fully saturated rings. The van der Waals surface area contributed by atoms with Gasteiger partial charge in [0.2, 0.25) is 5.91 Å². The Kier molecular flexibility index (Phi) is 5.64. The molecular formula is C21H16FNO5. The average Bonchev–Trinajstić information content (AvgIpc) is 2.64. The smallest absolute Gasteiger partial charge is 0.336 e. The highest BCUT2D eigenvalue weighted by atomic mass is 19.1. The monoisotopic (exact) mass is 381 g/mol. The fourth-order valence-corrected chi connectivity index (χ4v) is 2.57. The molecule has 1 aromatic heterocycles. The molecular weight excluding hydrogens is 365 g/mol. The lowest BCUT2D eigenvalue weighted by atomic mass is 10.1. The van der Waals surface area contributed by atoms with Crippen LogP contribution in [0.15, 0.2) is 63.8 Å². The molecule has 1 heterocycles. The van der Waals surface area contributed by atoms with Crippen LogP contribution >= 0.6 is 0 Å². The third-order valence-corrected chi connectivity index (χ3v) is 3.80. The summed E-state index contributed by atoms with van der Waals surface area (Å²) < 4.78 is 23.2. The molecule has 28 heavy (non-hydrogen) atoms. The van der Waals surface area contributed by atoms with Gasteiger partial charge in [0.15, 0.2) is 0 Å². The third kappa shape index (κ3) is 4.91. The molecule has 6 nitrogen and oxygen atoms in total. The minimum absolute atomic E-state index is 0.131. The molecule has 7 heteroatoms. The van der Waals surface area contributed by atoms with Crippen LogP contribution in [0.5, 0.6) is 0 Å². The van der Waals surface area contributed by atoms with Crippen LogP contribution in [0.2, 0.25) is 0 Å². The summed E-state index contributed by atoms with van der Waals surface area (Å²) in [7, 11) is 0. The first-order valence-electron chi connectivity index (χ1n) is 8.35. The molecule has 0 aliphatic rings. The fraction of sp³-hybridized carbons (Fsp3) is 0.0952. The Labute approximate surface area is 159 Å². The molecule has 0 radical (unpaired) electrons. The molecule has 0 saturated heterocycles. The molecule has 3 aromatic rings. The van der Waals surface area contributed by atoms with E-state index in [2.05, 4.69) is 5.32 Å². The molecule has 0 spiro atoms. The van der Waals surface area contributed by atoms with Crippen molar-refractivity contribution in [3.8, 4) is 0 Å². The number of carbonyl (C=O) groups excluding carboxylic acids is 2. The molecule has 0 saturated carbocycles. The van der Waals surface area contributed by atoms with E-state index in [1.165, 1.54) is 55.5 Å². The third-order valence-electron chi connectivity index (χ3n) is 3.80. The molecule has 0 aliphatic heterocycles. The Morgan fingerprint density at radius 1 is 1.14 bits per heavy atom. The average molecular weight is 381 g/mol. The topological polar surface area (TPSA) is 85.6 Å². The number of amides is 1. The Balaban J connectivity index is 1.74. The number of hydrogen-bond acceptors (Lipinski definition) is 5. The van der Waals surface area contributed by atoms with Crippen LogP contribution in [0.25, 0.3) is 17.0 Å². The maximum Gasteiger partial charge on any atom is 0.336 e. The van der Waals surface area contributed by atoms with E-state index < -0.39 is 11.6 Å². The number of anilines is 1. The normalized spacial score (nSPS) is 10.9. The summed E-state index contributed by atoms with van der Waals surface area (Å²) in [5.41, 5.74) is 1.28. The van der Waals surface area contributed by atoms with Crippen LogP contribution in [0.4, 0.5) is 10.1 Å². The molecule has 0 bridgehead atoms. The molecule has 0 unspecified atom stereocenters. The van der Waals surface area contributed by atoms with E-state index in [-0.39, 0.29) is 23.9 Å². The van der Waals surface area contributed by atoms with Crippen LogP contribution in [0, 0.1) is 5.82 Å². The lowest BCUT2D eigenvalue weighted by Crippen LogP contribution is -2.07. The van der Waals surface area contributed by atoms with Gasteiger partial charge in [0.1, 0.15) is 18.0 Å². The first-order valence-corrected chi connectivity index (χ1v) is 8.35. The summed E-state index contributed by atoms with van der Waals surface area (Å²) in [4.78, 5) is 34.9. The van der Waals surface area contributed by atoms with Crippen molar-refractivity contribution in [2.45, 2.75) is 13.5 Å². The van der Waals surface area contributed by atoms with E-state index in [1.54, 1.807) is 12.1 Å². The number of fused-ring (bicyclic) bond motifs is 1. The Morgan fingerprint density at radius 2 is 1.89 bits per heavy atom. The van der Waals surface area contributed by atoms with E-state index in [0.717, 1.165) is 0 Å². The lowest BCUT2D eigenvalue weighted by Gasteiger charge is -2.08. The van der Waals surface area contributed by atoms with E-state index in [9.17, 15) is 18.8 Å². The number of nitrogens with one attached hydrogen (secondary N) is 1. The van der Waals surface area contributed by atoms with Gasteiger partial charge in [-0.1, -0.05) is 12.1 Å².